The monoisotopic (exact) mass is 545 g/mol. The molecule has 2 aliphatic heterocycles. The van der Waals surface area contributed by atoms with Crippen LogP contribution in [-0.4, -0.2) is 97.9 Å². The lowest BCUT2D eigenvalue weighted by Gasteiger charge is -2.43. The molecule has 39 heavy (non-hydrogen) atoms. The summed E-state index contributed by atoms with van der Waals surface area (Å²) < 4.78 is 16.4. The first kappa shape index (κ1) is 30.1. The van der Waals surface area contributed by atoms with E-state index >= 15 is 0 Å². The molecule has 1 saturated heterocycles. The molecular weight excluding hydrogens is 502 g/mol. The number of hydrogen-bond acceptors (Lipinski definition) is 7. The van der Waals surface area contributed by atoms with Crippen molar-refractivity contribution in [3.8, 4) is 11.5 Å². The van der Waals surface area contributed by atoms with E-state index in [0.717, 1.165) is 0 Å². The van der Waals surface area contributed by atoms with E-state index in [1.54, 1.807) is 37.1 Å². The van der Waals surface area contributed by atoms with Gasteiger partial charge < -0.3 is 29.7 Å². The van der Waals surface area contributed by atoms with E-state index in [4.69, 9.17) is 14.2 Å². The average molecular weight is 546 g/mol. The number of hydrogen-bond donors (Lipinski definition) is 2. The highest BCUT2D eigenvalue weighted by Crippen LogP contribution is 2.38. The van der Waals surface area contributed by atoms with Crippen LogP contribution in [0.3, 0.4) is 0 Å². The highest BCUT2D eigenvalue weighted by atomic mass is 16.5. The number of nitrogens with one attached hydrogen (secondary N) is 2. The number of likely N-dealkylation sites (N-methyl/N-ethyl adjacent to an activating group) is 1. The first-order chi connectivity index (χ1) is 18.4. The van der Waals surface area contributed by atoms with Crippen LogP contribution in [0.25, 0.3) is 0 Å². The van der Waals surface area contributed by atoms with Gasteiger partial charge in [-0.2, -0.15) is 0 Å². The van der Waals surface area contributed by atoms with Gasteiger partial charge in [-0.1, -0.05) is 0 Å². The van der Waals surface area contributed by atoms with Gasteiger partial charge >= 0.3 is 18.0 Å². The second kappa shape index (κ2) is 12.6. The maximum absolute atomic E-state index is 13.5. The number of piperazine rings is 1. The summed E-state index contributed by atoms with van der Waals surface area (Å²) >= 11 is 0. The Bertz CT molecular complexity index is 1100. The molecule has 1 fully saturated rings. The summed E-state index contributed by atoms with van der Waals surface area (Å²) in [5, 5.41) is 6.02. The van der Waals surface area contributed by atoms with Crippen LogP contribution in [0.4, 0.5) is 9.59 Å². The molecule has 2 aliphatic rings. The number of urea groups is 2. The van der Waals surface area contributed by atoms with Gasteiger partial charge in [-0.3, -0.25) is 9.80 Å². The maximum atomic E-state index is 13.5. The summed E-state index contributed by atoms with van der Waals surface area (Å²) in [7, 11) is 3.10. The Labute approximate surface area is 231 Å². The van der Waals surface area contributed by atoms with Crippen molar-refractivity contribution in [1.82, 2.24) is 25.3 Å². The molecule has 0 bridgehead atoms. The van der Waals surface area contributed by atoms with Crippen LogP contribution in [0.1, 0.15) is 53.1 Å². The van der Waals surface area contributed by atoms with E-state index in [2.05, 4.69) is 15.5 Å². The van der Waals surface area contributed by atoms with Gasteiger partial charge in [0.05, 0.1) is 32.4 Å². The molecule has 2 atom stereocenters. The van der Waals surface area contributed by atoms with Crippen LogP contribution in [0.2, 0.25) is 0 Å². The predicted molar refractivity (Wildman–Crippen MR) is 148 cm³/mol. The van der Waals surface area contributed by atoms with Gasteiger partial charge in [-0.05, 0) is 53.7 Å². The third-order valence-electron chi connectivity index (χ3n) is 6.83. The largest absolute Gasteiger partial charge is 0.497 e. The van der Waals surface area contributed by atoms with Crippen molar-refractivity contribution in [2.45, 2.75) is 59.2 Å². The lowest BCUT2D eigenvalue weighted by atomic mass is 9.93. The topological polar surface area (TPSA) is 113 Å². The molecule has 11 nitrogen and oxygen atoms in total. The molecular formula is C28H43N5O6. The van der Waals surface area contributed by atoms with Crippen LogP contribution < -0.4 is 20.1 Å². The van der Waals surface area contributed by atoms with Crippen molar-refractivity contribution >= 4 is 18.0 Å². The third kappa shape index (κ3) is 6.95. The molecule has 0 radical (unpaired) electrons. The molecule has 0 unspecified atom stereocenters. The highest BCUT2D eigenvalue weighted by molar-refractivity contribution is 5.95. The number of ether oxygens (including phenoxy) is 3. The van der Waals surface area contributed by atoms with Gasteiger partial charge in [0.2, 0.25) is 0 Å². The Hall–Kier alpha value is -3.47. The molecule has 1 aromatic carbocycles. The molecule has 2 heterocycles. The average Bonchev–Trinajstić information content (AvgIpc) is 2.87. The fourth-order valence-corrected chi connectivity index (χ4v) is 5.03. The number of nitrogens with zero attached hydrogens (tertiary/aromatic N) is 3. The smallest absolute Gasteiger partial charge is 0.338 e. The zero-order valence-corrected chi connectivity index (χ0v) is 24.4. The standard InChI is InChI=1S/C28H43N5O6/c1-9-32-21(17-31-13-14-33(18(3)16-31)27(36)30-28(4,5)6)23(25(34)39-10-2)24(29-26(32)35)20-12-11-19(37-7)15-22(20)38-8/h11-12,15,18,24H,9-10,13-14,16-17H2,1-8H3,(H,29,35)(H,30,36)/t18-,24+/m1/s1. The van der Waals surface area contributed by atoms with Crippen LogP contribution in [0.5, 0.6) is 11.5 Å². The summed E-state index contributed by atoms with van der Waals surface area (Å²) in [5.74, 6) is 0.583. The van der Waals surface area contributed by atoms with Gasteiger partial charge in [0.1, 0.15) is 11.5 Å². The van der Waals surface area contributed by atoms with Crippen LogP contribution in [0, 0.1) is 0 Å². The van der Waals surface area contributed by atoms with Gasteiger partial charge in [0.15, 0.2) is 0 Å². The second-order valence-corrected chi connectivity index (χ2v) is 10.8. The molecule has 216 valence electrons. The molecule has 0 spiro atoms. The number of rotatable bonds is 8. The molecule has 11 heteroatoms. The van der Waals surface area contributed by atoms with Gasteiger partial charge in [0.25, 0.3) is 0 Å². The van der Waals surface area contributed by atoms with Crippen molar-refractivity contribution in [3.05, 3.63) is 35.0 Å². The quantitative estimate of drug-likeness (QED) is 0.483. The maximum Gasteiger partial charge on any atom is 0.338 e. The number of benzene rings is 1. The number of carbonyl (C=O) groups is 3. The predicted octanol–water partition coefficient (Wildman–Crippen LogP) is 3.12. The minimum absolute atomic E-state index is 0.0577. The minimum Gasteiger partial charge on any atom is -0.497 e. The molecule has 2 N–H and O–H groups in total. The molecule has 1 aromatic rings. The first-order valence-electron chi connectivity index (χ1n) is 13.4. The molecule has 0 aliphatic carbocycles. The van der Waals surface area contributed by atoms with Gasteiger partial charge in [-0.15, -0.1) is 0 Å². The van der Waals surface area contributed by atoms with Gasteiger partial charge in [0, 0.05) is 61.6 Å². The summed E-state index contributed by atoms with van der Waals surface area (Å²) in [6.07, 6.45) is 0. The van der Waals surface area contributed by atoms with E-state index in [9.17, 15) is 14.4 Å². The number of amides is 4. The van der Waals surface area contributed by atoms with Crippen molar-refractivity contribution < 1.29 is 28.6 Å². The first-order valence-corrected chi connectivity index (χ1v) is 13.4. The van der Waals surface area contributed by atoms with Crippen LogP contribution in [0.15, 0.2) is 29.5 Å². The van der Waals surface area contributed by atoms with E-state index < -0.39 is 12.0 Å². The SMILES string of the molecule is CCOC(=O)C1=C(CN2CCN(C(=O)NC(C)(C)C)[C@H](C)C2)N(CC)C(=O)N[C@H]1c1ccc(OC)cc1OC. The van der Waals surface area contributed by atoms with E-state index in [1.807, 2.05) is 39.5 Å². The zero-order valence-electron chi connectivity index (χ0n) is 24.4. The lowest BCUT2D eigenvalue weighted by Crippen LogP contribution is -2.59. The lowest BCUT2D eigenvalue weighted by molar-refractivity contribution is -0.139. The van der Waals surface area contributed by atoms with Crippen molar-refractivity contribution in [3.63, 3.8) is 0 Å². The zero-order chi connectivity index (χ0) is 28.9. The molecule has 0 saturated carbocycles. The Balaban J connectivity index is 1.99. The van der Waals surface area contributed by atoms with E-state index in [-0.39, 0.29) is 30.2 Å². The minimum atomic E-state index is -0.772. The Morgan fingerprint density at radius 2 is 1.85 bits per heavy atom. The van der Waals surface area contributed by atoms with Gasteiger partial charge in [-0.25, -0.2) is 14.4 Å². The second-order valence-electron chi connectivity index (χ2n) is 10.8. The third-order valence-corrected chi connectivity index (χ3v) is 6.83. The molecule has 4 amide bonds. The van der Waals surface area contributed by atoms with Crippen molar-refractivity contribution in [2.24, 2.45) is 0 Å². The summed E-state index contributed by atoms with van der Waals surface area (Å²) in [6, 6.07) is 4.04. The fraction of sp³-hybridized carbons (Fsp3) is 0.607. The van der Waals surface area contributed by atoms with Crippen LogP contribution in [-0.2, 0) is 9.53 Å². The highest BCUT2D eigenvalue weighted by Gasteiger charge is 2.40. The van der Waals surface area contributed by atoms with Crippen molar-refractivity contribution in [1.29, 1.82) is 0 Å². The Kier molecular flexibility index (Phi) is 9.71. The Morgan fingerprint density at radius 1 is 1.13 bits per heavy atom. The molecule has 0 aromatic heterocycles. The molecule has 3 rings (SSSR count). The number of methoxy groups -OCH3 is 2. The number of esters is 1. The number of carbonyl (C=O) groups excluding carboxylic acids is 3. The normalized spacial score (nSPS) is 20.5. The summed E-state index contributed by atoms with van der Waals surface area (Å²) in [6.45, 7) is 14.1. The van der Waals surface area contributed by atoms with Crippen molar-refractivity contribution in [2.75, 3.05) is 53.6 Å². The fourth-order valence-electron chi connectivity index (χ4n) is 5.03. The Morgan fingerprint density at radius 3 is 2.41 bits per heavy atom. The van der Waals surface area contributed by atoms with E-state index in [0.29, 0.717) is 61.1 Å². The summed E-state index contributed by atoms with van der Waals surface area (Å²) in [5.41, 5.74) is 1.24. The summed E-state index contributed by atoms with van der Waals surface area (Å²) in [4.78, 5) is 45.2. The van der Waals surface area contributed by atoms with E-state index in [1.165, 1.54) is 7.11 Å². The van der Waals surface area contributed by atoms with Crippen LogP contribution >= 0.6 is 0 Å².